The number of rotatable bonds is 5. The molecule has 3 aliphatic heterocycles. The Morgan fingerprint density at radius 2 is 1.76 bits per heavy atom. The van der Waals surface area contributed by atoms with Gasteiger partial charge >= 0.3 is 0 Å². The largest absolute Gasteiger partial charge is 0.395 e. The lowest BCUT2D eigenvalue weighted by Crippen LogP contribution is -2.67. The molecule has 2 N–H and O–H groups in total. The van der Waals surface area contributed by atoms with E-state index in [4.69, 9.17) is 0 Å². The number of nitrogens with one attached hydrogen (secondary N) is 1. The Hall–Kier alpha value is -2.14. The highest BCUT2D eigenvalue weighted by atomic mass is 32.2. The van der Waals surface area contributed by atoms with Gasteiger partial charge in [0.2, 0.25) is 10.0 Å². The number of halogens is 1. The van der Waals surface area contributed by atoms with Crippen LogP contribution in [0.3, 0.4) is 0 Å². The molecule has 2 fully saturated rings. The fourth-order valence-corrected chi connectivity index (χ4v) is 8.03. The van der Waals surface area contributed by atoms with Crippen LogP contribution < -0.4 is 5.32 Å². The van der Waals surface area contributed by atoms with Crippen LogP contribution in [0.5, 0.6) is 0 Å². The molecule has 200 valence electrons. The number of aliphatic hydroxyl groups is 1. The molecule has 7 nitrogen and oxygen atoms in total. The third-order valence-electron chi connectivity index (χ3n) is 8.74. The van der Waals surface area contributed by atoms with E-state index in [-0.39, 0.29) is 36.6 Å². The Morgan fingerprint density at radius 1 is 1.05 bits per heavy atom. The fraction of sp³-hybridized carbons (Fsp3) is 0.500. The second kappa shape index (κ2) is 10.2. The van der Waals surface area contributed by atoms with Gasteiger partial charge in [-0.15, -0.1) is 0 Å². The van der Waals surface area contributed by atoms with Crippen molar-refractivity contribution in [1.82, 2.24) is 19.4 Å². The zero-order valence-electron chi connectivity index (χ0n) is 21.9. The van der Waals surface area contributed by atoms with Crippen molar-refractivity contribution in [2.45, 2.75) is 50.3 Å². The van der Waals surface area contributed by atoms with Gasteiger partial charge in [-0.25, -0.2) is 12.8 Å². The van der Waals surface area contributed by atoms with Crippen molar-refractivity contribution in [2.24, 2.45) is 0 Å². The van der Waals surface area contributed by atoms with E-state index in [1.807, 2.05) is 56.1 Å². The third-order valence-corrected chi connectivity index (χ3v) is 10.9. The zero-order valence-corrected chi connectivity index (χ0v) is 22.7. The summed E-state index contributed by atoms with van der Waals surface area (Å²) >= 11 is 0. The maximum Gasteiger partial charge on any atom is 0.232 e. The van der Waals surface area contributed by atoms with E-state index in [9.17, 15) is 17.9 Å². The van der Waals surface area contributed by atoms with E-state index >= 15 is 0 Å². The molecule has 3 heterocycles. The van der Waals surface area contributed by atoms with E-state index in [2.05, 4.69) is 22.3 Å². The smallest absolute Gasteiger partial charge is 0.232 e. The highest BCUT2D eigenvalue weighted by Gasteiger charge is 2.51. The van der Waals surface area contributed by atoms with Gasteiger partial charge in [0.05, 0.1) is 12.8 Å². The molecule has 2 aromatic rings. The van der Waals surface area contributed by atoms with E-state index in [0.717, 1.165) is 22.3 Å². The highest BCUT2D eigenvalue weighted by molar-refractivity contribution is 7.89. The first-order valence-corrected chi connectivity index (χ1v) is 14.5. The first-order chi connectivity index (χ1) is 17.6. The van der Waals surface area contributed by atoms with Gasteiger partial charge in [0.25, 0.3) is 0 Å². The molecular weight excluding hydrogens is 491 g/mol. The Kier molecular flexibility index (Phi) is 7.30. The van der Waals surface area contributed by atoms with Crippen molar-refractivity contribution in [3.63, 3.8) is 0 Å². The summed E-state index contributed by atoms with van der Waals surface area (Å²) in [6.07, 6.45) is 3.93. The van der Waals surface area contributed by atoms with E-state index in [0.29, 0.717) is 31.7 Å². The summed E-state index contributed by atoms with van der Waals surface area (Å²) in [4.78, 5) is 4.09. The van der Waals surface area contributed by atoms with Crippen LogP contribution in [0.2, 0.25) is 0 Å². The van der Waals surface area contributed by atoms with Crippen LogP contribution in [0.15, 0.2) is 48.6 Å². The standard InChI is InChI=1S/C28H37FN4O3S/c1-18-19(2)24(29)12-11-23(18)21-7-9-22(10-8-21)28-25-16-32(13-5-6-14-33(25)26(28)17-34)37(35,36)27-15-30-20(3)31(27)4/h5-12,20,25-28,30,34H,13-17H2,1-4H3/b6-5-/t20?,25?,26-,27?,28+/m1/s1. The number of nitrogens with zero attached hydrogens (tertiary/aromatic N) is 3. The molecule has 0 saturated carbocycles. The molecule has 5 rings (SSSR count). The Labute approximate surface area is 219 Å². The van der Waals surface area contributed by atoms with Gasteiger partial charge in [0.1, 0.15) is 11.2 Å². The first-order valence-electron chi connectivity index (χ1n) is 13.0. The Bertz CT molecular complexity index is 1280. The summed E-state index contributed by atoms with van der Waals surface area (Å²) in [5, 5.41) is 12.9. The quantitative estimate of drug-likeness (QED) is 0.582. The van der Waals surface area contributed by atoms with Crippen LogP contribution in [0, 0.1) is 19.7 Å². The van der Waals surface area contributed by atoms with Gasteiger partial charge in [-0.1, -0.05) is 42.5 Å². The lowest BCUT2D eigenvalue weighted by molar-refractivity contribution is -0.0416. The topological polar surface area (TPSA) is 76.1 Å². The summed E-state index contributed by atoms with van der Waals surface area (Å²) in [6, 6.07) is 11.4. The van der Waals surface area contributed by atoms with E-state index < -0.39 is 15.4 Å². The minimum Gasteiger partial charge on any atom is -0.395 e. The van der Waals surface area contributed by atoms with Crippen molar-refractivity contribution >= 4 is 10.0 Å². The van der Waals surface area contributed by atoms with E-state index in [1.165, 1.54) is 6.07 Å². The summed E-state index contributed by atoms with van der Waals surface area (Å²) in [7, 11) is -1.72. The average molecular weight is 529 g/mol. The van der Waals surface area contributed by atoms with Crippen molar-refractivity contribution in [3.8, 4) is 11.1 Å². The van der Waals surface area contributed by atoms with Crippen LogP contribution in [0.25, 0.3) is 11.1 Å². The van der Waals surface area contributed by atoms with Gasteiger partial charge < -0.3 is 5.11 Å². The normalized spacial score (nSPS) is 30.4. The van der Waals surface area contributed by atoms with Crippen LogP contribution in [0.1, 0.15) is 29.5 Å². The highest BCUT2D eigenvalue weighted by Crippen LogP contribution is 2.42. The van der Waals surface area contributed by atoms with Crippen LogP contribution in [0.4, 0.5) is 4.39 Å². The molecule has 2 saturated heterocycles. The maximum atomic E-state index is 14.0. The second-order valence-corrected chi connectivity index (χ2v) is 12.6. The molecule has 2 aromatic carbocycles. The zero-order chi connectivity index (χ0) is 26.5. The van der Waals surface area contributed by atoms with E-state index in [1.54, 1.807) is 11.2 Å². The summed E-state index contributed by atoms with van der Waals surface area (Å²) in [6.45, 7) is 7.52. The molecule has 0 aliphatic carbocycles. The summed E-state index contributed by atoms with van der Waals surface area (Å²) < 4.78 is 42.9. The number of hydrogen-bond acceptors (Lipinski definition) is 6. The van der Waals surface area contributed by atoms with Gasteiger partial charge in [-0.3, -0.25) is 15.1 Å². The maximum absolute atomic E-state index is 14.0. The molecule has 3 unspecified atom stereocenters. The predicted octanol–water partition coefficient (Wildman–Crippen LogP) is 2.65. The minimum absolute atomic E-state index is 0.00355. The molecule has 0 spiro atoms. The fourth-order valence-electron chi connectivity index (χ4n) is 6.13. The Balaban J connectivity index is 1.42. The predicted molar refractivity (Wildman–Crippen MR) is 144 cm³/mol. The van der Waals surface area contributed by atoms with Crippen molar-refractivity contribution < 1.29 is 17.9 Å². The third kappa shape index (κ3) is 4.56. The molecule has 0 bridgehead atoms. The van der Waals surface area contributed by atoms with Gasteiger partial charge in [-0.05, 0) is 61.7 Å². The van der Waals surface area contributed by atoms with Gasteiger partial charge in [-0.2, -0.15) is 4.31 Å². The van der Waals surface area contributed by atoms with Gasteiger partial charge in [0.15, 0.2) is 0 Å². The molecule has 0 radical (unpaired) electrons. The number of sulfonamides is 1. The molecule has 5 atom stereocenters. The molecule has 0 aromatic heterocycles. The number of fused-ring (bicyclic) bond motifs is 1. The lowest BCUT2D eigenvalue weighted by atomic mass is 9.74. The second-order valence-electron chi connectivity index (χ2n) is 10.5. The van der Waals surface area contributed by atoms with Crippen molar-refractivity contribution in [2.75, 3.05) is 39.8 Å². The first kappa shape index (κ1) is 26.5. The van der Waals surface area contributed by atoms with Crippen LogP contribution >= 0.6 is 0 Å². The number of benzene rings is 2. The lowest BCUT2D eigenvalue weighted by Gasteiger charge is -2.56. The molecular formula is C28H37FN4O3S. The SMILES string of the molecule is Cc1c(F)ccc(-c2ccc([C@H]3C4CN(S(=O)(=O)C5CNC(C)N5C)C/C=C\CN4[C@@H]3CO)cc2)c1C. The monoisotopic (exact) mass is 528 g/mol. The number of aliphatic hydroxyl groups excluding tert-OH is 1. The van der Waals surface area contributed by atoms with Gasteiger partial charge in [0, 0.05) is 44.2 Å². The average Bonchev–Trinajstić information content (AvgIpc) is 3.20. The Morgan fingerprint density at radius 3 is 2.41 bits per heavy atom. The van der Waals surface area contributed by atoms with Crippen LogP contribution in [-0.4, -0.2) is 91.1 Å². The summed E-state index contributed by atoms with van der Waals surface area (Å²) in [5.74, 6) is -0.192. The number of likely N-dealkylation sites (N-methyl/N-ethyl adjacent to an activating group) is 1. The molecule has 3 aliphatic rings. The summed E-state index contributed by atoms with van der Waals surface area (Å²) in [5.41, 5.74) is 4.66. The van der Waals surface area contributed by atoms with Crippen molar-refractivity contribution in [1.29, 1.82) is 0 Å². The minimum atomic E-state index is -3.57. The molecule has 0 amide bonds. The van der Waals surface area contributed by atoms with Crippen molar-refractivity contribution in [3.05, 3.63) is 71.1 Å². The number of hydrogen-bond donors (Lipinski definition) is 2. The molecule has 9 heteroatoms. The van der Waals surface area contributed by atoms with Crippen LogP contribution in [-0.2, 0) is 10.0 Å². The molecule has 37 heavy (non-hydrogen) atoms.